The van der Waals surface area contributed by atoms with Crippen molar-refractivity contribution in [3.05, 3.63) is 59.7 Å². The number of rotatable bonds is 3. The van der Waals surface area contributed by atoms with Gasteiger partial charge >= 0.3 is 0 Å². The van der Waals surface area contributed by atoms with Crippen LogP contribution in [0.2, 0.25) is 0 Å². The molecule has 26 heavy (non-hydrogen) atoms. The van der Waals surface area contributed by atoms with E-state index >= 15 is 0 Å². The first-order valence-electron chi connectivity index (χ1n) is 9.69. The fourth-order valence-corrected chi connectivity index (χ4v) is 4.36. The zero-order valence-corrected chi connectivity index (χ0v) is 15.1. The molecule has 0 saturated carbocycles. The molecule has 2 aliphatic rings. The van der Waals surface area contributed by atoms with Gasteiger partial charge in [0.15, 0.2) is 0 Å². The van der Waals surface area contributed by atoms with Crippen molar-refractivity contribution < 1.29 is 0 Å². The van der Waals surface area contributed by atoms with Gasteiger partial charge in [0.1, 0.15) is 11.6 Å². The average Bonchev–Trinajstić information content (AvgIpc) is 3.13. The summed E-state index contributed by atoms with van der Waals surface area (Å²) in [6, 6.07) is 15.5. The molecule has 0 bridgehead atoms. The zero-order chi connectivity index (χ0) is 17.3. The summed E-state index contributed by atoms with van der Waals surface area (Å²) in [4.78, 5) is 2.58. The van der Waals surface area contributed by atoms with Crippen molar-refractivity contribution in [3.8, 4) is 0 Å². The number of fused-ring (bicyclic) bond motifs is 2. The highest BCUT2D eigenvalue weighted by atomic mass is 15.3. The van der Waals surface area contributed by atoms with Gasteiger partial charge in [-0.15, -0.1) is 10.2 Å². The van der Waals surface area contributed by atoms with E-state index in [2.05, 4.69) is 67.4 Å². The third-order valence-electron chi connectivity index (χ3n) is 5.82. The van der Waals surface area contributed by atoms with Gasteiger partial charge in [0, 0.05) is 25.6 Å². The maximum Gasteiger partial charge on any atom is 0.147 e. The summed E-state index contributed by atoms with van der Waals surface area (Å²) in [6.45, 7) is 6.21. The molecule has 0 radical (unpaired) electrons. The van der Waals surface area contributed by atoms with Crippen LogP contribution in [0.4, 0.5) is 0 Å². The van der Waals surface area contributed by atoms with Crippen LogP contribution in [-0.4, -0.2) is 39.3 Å². The van der Waals surface area contributed by atoms with Gasteiger partial charge in [0.2, 0.25) is 0 Å². The lowest BCUT2D eigenvalue weighted by Crippen LogP contribution is -2.34. The van der Waals surface area contributed by atoms with Gasteiger partial charge < -0.3 is 9.88 Å². The van der Waals surface area contributed by atoms with Gasteiger partial charge in [0.05, 0.1) is 6.54 Å². The van der Waals surface area contributed by atoms with Crippen molar-refractivity contribution in [2.45, 2.75) is 38.4 Å². The summed E-state index contributed by atoms with van der Waals surface area (Å²) in [7, 11) is 0. The summed E-state index contributed by atoms with van der Waals surface area (Å²) in [5.41, 5.74) is 1.41. The zero-order valence-electron chi connectivity index (χ0n) is 15.1. The molecule has 1 saturated heterocycles. The maximum absolute atomic E-state index is 4.52. The molecule has 5 nitrogen and oxygen atoms in total. The lowest BCUT2D eigenvalue weighted by molar-refractivity contribution is 0.199. The molecule has 0 unspecified atom stereocenters. The van der Waals surface area contributed by atoms with E-state index in [0.29, 0.717) is 5.92 Å². The van der Waals surface area contributed by atoms with Gasteiger partial charge in [-0.05, 0) is 48.3 Å². The van der Waals surface area contributed by atoms with E-state index in [4.69, 9.17) is 0 Å². The predicted octanol–water partition coefficient (Wildman–Crippen LogP) is 2.91. The van der Waals surface area contributed by atoms with Crippen LogP contribution in [0.5, 0.6) is 0 Å². The van der Waals surface area contributed by atoms with E-state index in [0.717, 1.165) is 45.1 Å². The Morgan fingerprint density at radius 1 is 0.962 bits per heavy atom. The third-order valence-corrected chi connectivity index (χ3v) is 5.82. The van der Waals surface area contributed by atoms with Crippen LogP contribution in [0.15, 0.2) is 42.5 Å². The van der Waals surface area contributed by atoms with Gasteiger partial charge in [-0.3, -0.25) is 4.90 Å². The Morgan fingerprint density at radius 3 is 2.69 bits per heavy atom. The summed E-state index contributed by atoms with van der Waals surface area (Å²) >= 11 is 0. The summed E-state index contributed by atoms with van der Waals surface area (Å²) in [5, 5.41) is 14.9. The quantitative estimate of drug-likeness (QED) is 0.791. The second-order valence-corrected chi connectivity index (χ2v) is 7.53. The van der Waals surface area contributed by atoms with E-state index in [1.807, 2.05) is 0 Å². The highest BCUT2D eigenvalue weighted by Crippen LogP contribution is 2.29. The average molecular weight is 347 g/mol. The molecule has 2 aliphatic heterocycles. The standard InChI is InChI=1S/C21H25N5/c1-2-4-19-13-16(5-6-17(19)3-1)15-25-10-7-18(8-11-25)21-24-23-20-14-22-9-12-26(20)21/h1-6,13,18,22H,7-12,14-15H2. The molecule has 5 heteroatoms. The van der Waals surface area contributed by atoms with Crippen LogP contribution in [0.1, 0.15) is 36.0 Å². The van der Waals surface area contributed by atoms with Crippen molar-refractivity contribution in [2.24, 2.45) is 0 Å². The van der Waals surface area contributed by atoms with E-state index in [1.165, 1.54) is 35.0 Å². The number of likely N-dealkylation sites (tertiary alicyclic amines) is 1. The van der Waals surface area contributed by atoms with Gasteiger partial charge in [-0.1, -0.05) is 36.4 Å². The number of hydrogen-bond donors (Lipinski definition) is 1. The summed E-state index contributed by atoms with van der Waals surface area (Å²) in [6.07, 6.45) is 2.36. The fourth-order valence-electron chi connectivity index (χ4n) is 4.36. The van der Waals surface area contributed by atoms with E-state index in [1.54, 1.807) is 0 Å². The van der Waals surface area contributed by atoms with Crippen LogP contribution in [0.25, 0.3) is 10.8 Å². The van der Waals surface area contributed by atoms with Crippen molar-refractivity contribution in [1.29, 1.82) is 0 Å². The molecule has 1 aromatic heterocycles. The van der Waals surface area contributed by atoms with Crippen LogP contribution in [-0.2, 0) is 19.6 Å². The lowest BCUT2D eigenvalue weighted by atomic mass is 9.95. The largest absolute Gasteiger partial charge is 0.312 e. The molecule has 0 amide bonds. The molecular formula is C21H25N5. The smallest absolute Gasteiger partial charge is 0.147 e. The van der Waals surface area contributed by atoms with Gasteiger partial charge in [0.25, 0.3) is 0 Å². The molecule has 2 aromatic carbocycles. The van der Waals surface area contributed by atoms with Crippen molar-refractivity contribution in [2.75, 3.05) is 19.6 Å². The van der Waals surface area contributed by atoms with E-state index in [-0.39, 0.29) is 0 Å². The fraction of sp³-hybridized carbons (Fsp3) is 0.429. The van der Waals surface area contributed by atoms with Crippen molar-refractivity contribution >= 4 is 10.8 Å². The Morgan fingerprint density at radius 2 is 1.81 bits per heavy atom. The Kier molecular flexibility index (Phi) is 4.19. The third kappa shape index (κ3) is 3.02. The SMILES string of the molecule is c1ccc2cc(CN3CCC(c4nnc5n4CCNC5)CC3)ccc2c1. The minimum Gasteiger partial charge on any atom is -0.312 e. The molecular weight excluding hydrogens is 322 g/mol. The highest BCUT2D eigenvalue weighted by molar-refractivity contribution is 5.82. The summed E-state index contributed by atoms with van der Waals surface area (Å²) in [5.74, 6) is 2.87. The summed E-state index contributed by atoms with van der Waals surface area (Å²) < 4.78 is 2.35. The van der Waals surface area contributed by atoms with Crippen LogP contribution < -0.4 is 5.32 Å². The molecule has 0 atom stereocenters. The first-order valence-corrected chi connectivity index (χ1v) is 9.69. The number of hydrogen-bond acceptors (Lipinski definition) is 4. The van der Waals surface area contributed by atoms with Gasteiger partial charge in [-0.25, -0.2) is 0 Å². The Hall–Kier alpha value is -2.24. The molecule has 1 fully saturated rings. The second kappa shape index (κ2) is 6.82. The van der Waals surface area contributed by atoms with E-state index in [9.17, 15) is 0 Å². The number of aromatic nitrogens is 3. The van der Waals surface area contributed by atoms with Crippen molar-refractivity contribution in [1.82, 2.24) is 25.0 Å². The molecule has 3 aromatic rings. The van der Waals surface area contributed by atoms with Crippen molar-refractivity contribution in [3.63, 3.8) is 0 Å². The maximum atomic E-state index is 4.52. The van der Waals surface area contributed by atoms with Crippen LogP contribution in [0, 0.1) is 0 Å². The molecule has 5 rings (SSSR count). The molecule has 3 heterocycles. The van der Waals surface area contributed by atoms with Gasteiger partial charge in [-0.2, -0.15) is 0 Å². The van der Waals surface area contributed by atoms with E-state index < -0.39 is 0 Å². The minimum atomic E-state index is 0.558. The minimum absolute atomic E-state index is 0.558. The highest BCUT2D eigenvalue weighted by Gasteiger charge is 2.26. The predicted molar refractivity (Wildman–Crippen MR) is 103 cm³/mol. The second-order valence-electron chi connectivity index (χ2n) is 7.53. The normalized spacial score (nSPS) is 18.9. The van der Waals surface area contributed by atoms with Crippen LogP contribution >= 0.6 is 0 Å². The number of nitrogens with zero attached hydrogens (tertiary/aromatic N) is 4. The number of piperidine rings is 1. The Labute approximate surface area is 154 Å². The Bertz CT molecular complexity index is 908. The molecule has 134 valence electrons. The molecule has 1 N–H and O–H groups in total. The lowest BCUT2D eigenvalue weighted by Gasteiger charge is -2.32. The first kappa shape index (κ1) is 16.0. The topological polar surface area (TPSA) is 46.0 Å². The monoisotopic (exact) mass is 347 g/mol. The Balaban J connectivity index is 1.24. The van der Waals surface area contributed by atoms with Crippen LogP contribution in [0.3, 0.4) is 0 Å². The molecule has 0 spiro atoms. The number of benzene rings is 2. The molecule has 0 aliphatic carbocycles. The first-order chi connectivity index (χ1) is 12.9. The number of nitrogens with one attached hydrogen (secondary N) is 1.